The van der Waals surface area contributed by atoms with Gasteiger partial charge in [-0.2, -0.15) is 0 Å². The molecule has 2 heterocycles. The summed E-state index contributed by atoms with van der Waals surface area (Å²) in [6.07, 6.45) is 2.44. The maximum Gasteiger partial charge on any atom is 0.315 e. The largest absolute Gasteiger partial charge is 0.497 e. The molecular formula is C17H23N3O4. The van der Waals surface area contributed by atoms with Crippen molar-refractivity contribution in [3.05, 3.63) is 24.3 Å². The summed E-state index contributed by atoms with van der Waals surface area (Å²) in [5, 5.41) is 5.68. The van der Waals surface area contributed by atoms with Gasteiger partial charge in [0.05, 0.1) is 19.3 Å². The van der Waals surface area contributed by atoms with E-state index in [1.165, 1.54) is 0 Å². The SMILES string of the molecule is COc1ccc(N2CC(NC(=O)NCC3CCCO3)CC2=O)cc1. The molecule has 130 valence electrons. The number of rotatable bonds is 5. The first-order valence-electron chi connectivity index (χ1n) is 8.26. The van der Waals surface area contributed by atoms with Crippen molar-refractivity contribution in [3.63, 3.8) is 0 Å². The topological polar surface area (TPSA) is 79.9 Å². The molecule has 2 fully saturated rings. The van der Waals surface area contributed by atoms with Gasteiger partial charge >= 0.3 is 6.03 Å². The highest BCUT2D eigenvalue weighted by atomic mass is 16.5. The van der Waals surface area contributed by atoms with E-state index in [-0.39, 0.29) is 24.1 Å². The number of benzene rings is 1. The highest BCUT2D eigenvalue weighted by molar-refractivity contribution is 5.96. The van der Waals surface area contributed by atoms with E-state index in [4.69, 9.17) is 9.47 Å². The van der Waals surface area contributed by atoms with E-state index in [1.54, 1.807) is 12.0 Å². The van der Waals surface area contributed by atoms with Crippen molar-refractivity contribution in [2.75, 3.05) is 31.7 Å². The van der Waals surface area contributed by atoms with Gasteiger partial charge in [-0.3, -0.25) is 4.79 Å². The minimum atomic E-state index is -0.250. The van der Waals surface area contributed by atoms with E-state index < -0.39 is 0 Å². The normalized spacial score (nSPS) is 23.4. The molecule has 1 aromatic rings. The van der Waals surface area contributed by atoms with Crippen LogP contribution in [-0.4, -0.2) is 50.9 Å². The van der Waals surface area contributed by atoms with Crippen LogP contribution < -0.4 is 20.3 Å². The van der Waals surface area contributed by atoms with E-state index in [9.17, 15) is 9.59 Å². The number of urea groups is 1. The Morgan fingerprint density at radius 3 is 2.83 bits per heavy atom. The lowest BCUT2D eigenvalue weighted by Gasteiger charge is -2.18. The van der Waals surface area contributed by atoms with Gasteiger partial charge < -0.3 is 25.0 Å². The molecule has 1 aromatic carbocycles. The van der Waals surface area contributed by atoms with Crippen LogP contribution in [0, 0.1) is 0 Å². The second-order valence-electron chi connectivity index (χ2n) is 6.09. The summed E-state index contributed by atoms with van der Waals surface area (Å²) < 4.78 is 10.6. The van der Waals surface area contributed by atoms with Crippen LogP contribution in [0.2, 0.25) is 0 Å². The van der Waals surface area contributed by atoms with Crippen LogP contribution in [0.15, 0.2) is 24.3 Å². The number of ether oxygens (including phenoxy) is 2. The molecule has 2 saturated heterocycles. The zero-order valence-electron chi connectivity index (χ0n) is 13.8. The van der Waals surface area contributed by atoms with Crippen LogP contribution in [0.3, 0.4) is 0 Å². The first-order valence-corrected chi connectivity index (χ1v) is 8.26. The molecule has 2 N–H and O–H groups in total. The van der Waals surface area contributed by atoms with Gasteiger partial charge in [-0.05, 0) is 37.1 Å². The third-order valence-corrected chi connectivity index (χ3v) is 4.36. The van der Waals surface area contributed by atoms with E-state index in [0.29, 0.717) is 19.5 Å². The summed E-state index contributed by atoms with van der Waals surface area (Å²) in [5.41, 5.74) is 0.810. The van der Waals surface area contributed by atoms with Crippen LogP contribution in [0.1, 0.15) is 19.3 Å². The fourth-order valence-corrected chi connectivity index (χ4v) is 3.06. The molecule has 2 atom stereocenters. The Labute approximate surface area is 141 Å². The molecule has 0 aliphatic carbocycles. The maximum atomic E-state index is 12.2. The second-order valence-corrected chi connectivity index (χ2v) is 6.09. The van der Waals surface area contributed by atoms with Crippen molar-refractivity contribution in [1.29, 1.82) is 0 Å². The number of methoxy groups -OCH3 is 1. The number of nitrogens with one attached hydrogen (secondary N) is 2. The Kier molecular flexibility index (Phi) is 5.20. The molecule has 2 unspecified atom stereocenters. The van der Waals surface area contributed by atoms with Gasteiger partial charge in [0.1, 0.15) is 5.75 Å². The molecule has 0 saturated carbocycles. The number of carbonyl (C=O) groups is 2. The minimum absolute atomic E-state index is 0.00425. The molecule has 0 aromatic heterocycles. The highest BCUT2D eigenvalue weighted by Gasteiger charge is 2.31. The Hall–Kier alpha value is -2.28. The monoisotopic (exact) mass is 333 g/mol. The minimum Gasteiger partial charge on any atom is -0.497 e. The predicted molar refractivity (Wildman–Crippen MR) is 89.3 cm³/mol. The molecule has 3 amide bonds. The van der Waals surface area contributed by atoms with Gasteiger partial charge in [0.25, 0.3) is 0 Å². The number of nitrogens with zero attached hydrogens (tertiary/aromatic N) is 1. The molecule has 0 spiro atoms. The number of carbonyl (C=O) groups excluding carboxylic acids is 2. The number of anilines is 1. The van der Waals surface area contributed by atoms with Gasteiger partial charge in [0, 0.05) is 31.8 Å². The van der Waals surface area contributed by atoms with Gasteiger partial charge in [0.2, 0.25) is 5.91 Å². The quantitative estimate of drug-likeness (QED) is 0.851. The van der Waals surface area contributed by atoms with Crippen LogP contribution in [0.4, 0.5) is 10.5 Å². The lowest BCUT2D eigenvalue weighted by molar-refractivity contribution is -0.117. The van der Waals surface area contributed by atoms with E-state index >= 15 is 0 Å². The van der Waals surface area contributed by atoms with Crippen molar-refractivity contribution in [3.8, 4) is 5.75 Å². The predicted octanol–water partition coefficient (Wildman–Crippen LogP) is 1.28. The molecule has 24 heavy (non-hydrogen) atoms. The van der Waals surface area contributed by atoms with Crippen molar-refractivity contribution < 1.29 is 19.1 Å². The summed E-state index contributed by atoms with van der Waals surface area (Å²) in [7, 11) is 1.60. The Morgan fingerprint density at radius 2 is 2.17 bits per heavy atom. The number of hydrogen-bond acceptors (Lipinski definition) is 4. The van der Waals surface area contributed by atoms with Crippen LogP contribution in [0.5, 0.6) is 5.75 Å². The standard InChI is InChI=1S/C17H23N3O4/c1-23-14-6-4-13(5-7-14)20-11-12(9-16(20)21)19-17(22)18-10-15-3-2-8-24-15/h4-7,12,15H,2-3,8-11H2,1H3,(H2,18,19,22). The summed E-state index contributed by atoms with van der Waals surface area (Å²) in [6.45, 7) is 1.75. The van der Waals surface area contributed by atoms with Crippen LogP contribution in [0.25, 0.3) is 0 Å². The maximum absolute atomic E-state index is 12.2. The van der Waals surface area contributed by atoms with Crippen molar-refractivity contribution in [2.24, 2.45) is 0 Å². The molecule has 7 heteroatoms. The van der Waals surface area contributed by atoms with Crippen molar-refractivity contribution in [2.45, 2.75) is 31.4 Å². The molecule has 0 bridgehead atoms. The van der Waals surface area contributed by atoms with Crippen LogP contribution in [-0.2, 0) is 9.53 Å². The molecule has 3 rings (SSSR count). The Balaban J connectivity index is 1.49. The van der Waals surface area contributed by atoms with Gasteiger partial charge in [-0.1, -0.05) is 0 Å². The summed E-state index contributed by atoms with van der Waals surface area (Å²) in [6, 6.07) is 6.88. The highest BCUT2D eigenvalue weighted by Crippen LogP contribution is 2.24. The molecule has 2 aliphatic rings. The lowest BCUT2D eigenvalue weighted by atomic mass is 10.2. The third-order valence-electron chi connectivity index (χ3n) is 4.36. The Morgan fingerprint density at radius 1 is 1.38 bits per heavy atom. The average Bonchev–Trinajstić information content (AvgIpc) is 3.23. The van der Waals surface area contributed by atoms with Gasteiger partial charge in [0.15, 0.2) is 0 Å². The van der Waals surface area contributed by atoms with Crippen molar-refractivity contribution in [1.82, 2.24) is 10.6 Å². The first kappa shape index (κ1) is 16.6. The summed E-state index contributed by atoms with van der Waals surface area (Å²) in [5.74, 6) is 0.748. The smallest absolute Gasteiger partial charge is 0.315 e. The second kappa shape index (κ2) is 7.53. The van der Waals surface area contributed by atoms with Crippen molar-refractivity contribution >= 4 is 17.6 Å². The van der Waals surface area contributed by atoms with Gasteiger partial charge in [-0.15, -0.1) is 0 Å². The van der Waals surface area contributed by atoms with Gasteiger partial charge in [-0.25, -0.2) is 4.79 Å². The van der Waals surface area contributed by atoms with E-state index in [0.717, 1.165) is 30.9 Å². The van der Waals surface area contributed by atoms with Crippen LogP contribution >= 0.6 is 0 Å². The number of amides is 3. The molecular weight excluding hydrogens is 310 g/mol. The third kappa shape index (κ3) is 3.97. The zero-order chi connectivity index (χ0) is 16.9. The first-order chi connectivity index (χ1) is 11.7. The van der Waals surface area contributed by atoms with E-state index in [2.05, 4.69) is 10.6 Å². The average molecular weight is 333 g/mol. The molecule has 0 radical (unpaired) electrons. The molecule has 2 aliphatic heterocycles. The Bertz CT molecular complexity index is 584. The van der Waals surface area contributed by atoms with E-state index in [1.807, 2.05) is 24.3 Å². The number of hydrogen-bond donors (Lipinski definition) is 2. The summed E-state index contributed by atoms with van der Waals surface area (Å²) >= 11 is 0. The zero-order valence-corrected chi connectivity index (χ0v) is 13.8. The summed E-state index contributed by atoms with van der Waals surface area (Å²) in [4.78, 5) is 25.8. The fourth-order valence-electron chi connectivity index (χ4n) is 3.06. The molecule has 7 nitrogen and oxygen atoms in total. The lowest BCUT2D eigenvalue weighted by Crippen LogP contribution is -2.45. The fraction of sp³-hybridized carbons (Fsp3) is 0.529.